The number of carbonyl (C=O) groups excluding carboxylic acids is 1. The van der Waals surface area contributed by atoms with E-state index in [-0.39, 0.29) is 12.6 Å². The van der Waals surface area contributed by atoms with Crippen LogP contribution in [0.5, 0.6) is 5.75 Å². The van der Waals surface area contributed by atoms with Crippen molar-refractivity contribution in [2.24, 2.45) is 0 Å². The van der Waals surface area contributed by atoms with Crippen LogP contribution in [0.4, 0.5) is 10.5 Å². The van der Waals surface area contributed by atoms with Crippen LogP contribution >= 0.6 is 0 Å². The maximum atomic E-state index is 11.4. The second kappa shape index (κ2) is 5.66. The van der Waals surface area contributed by atoms with Crippen LogP contribution < -0.4 is 15.4 Å². The number of amides is 2. The maximum absolute atomic E-state index is 11.4. The Morgan fingerprint density at radius 1 is 1.56 bits per heavy atom. The number of methoxy groups -OCH3 is 1. The van der Waals surface area contributed by atoms with Crippen LogP contribution in [-0.2, 0) is 0 Å². The molecule has 0 saturated heterocycles. The van der Waals surface area contributed by atoms with Gasteiger partial charge in [0.05, 0.1) is 19.3 Å². The van der Waals surface area contributed by atoms with Crippen molar-refractivity contribution in [3.63, 3.8) is 0 Å². The second-order valence-corrected chi connectivity index (χ2v) is 3.22. The van der Waals surface area contributed by atoms with Crippen molar-refractivity contribution in [3.05, 3.63) is 23.8 Å². The van der Waals surface area contributed by atoms with Gasteiger partial charge in [0.15, 0.2) is 0 Å². The number of benzene rings is 1. The number of ether oxygens (including phenoxy) is 1. The van der Waals surface area contributed by atoms with Crippen molar-refractivity contribution in [3.8, 4) is 18.1 Å². The highest BCUT2D eigenvalue weighted by Crippen LogP contribution is 2.24. The van der Waals surface area contributed by atoms with Crippen molar-refractivity contribution in [1.82, 2.24) is 5.32 Å². The Hall–Kier alpha value is -2.15. The van der Waals surface area contributed by atoms with E-state index in [1.165, 1.54) is 0 Å². The lowest BCUT2D eigenvalue weighted by Gasteiger charge is -2.10. The molecule has 4 heteroatoms. The molecule has 16 heavy (non-hydrogen) atoms. The van der Waals surface area contributed by atoms with E-state index in [1.807, 2.05) is 19.1 Å². The molecule has 0 spiro atoms. The molecular formula is C12H14N2O2. The van der Waals surface area contributed by atoms with Gasteiger partial charge in [0.2, 0.25) is 0 Å². The van der Waals surface area contributed by atoms with Gasteiger partial charge < -0.3 is 15.4 Å². The van der Waals surface area contributed by atoms with Crippen molar-refractivity contribution in [2.75, 3.05) is 19.0 Å². The topological polar surface area (TPSA) is 50.4 Å². The summed E-state index contributed by atoms with van der Waals surface area (Å²) in [6.07, 6.45) is 5.03. The Labute approximate surface area is 95.0 Å². The monoisotopic (exact) mass is 218 g/mol. The SMILES string of the molecule is C#CCNC(=O)Nc1cc(C)ccc1OC. The Bertz CT molecular complexity index is 422. The number of carbonyl (C=O) groups is 1. The van der Waals surface area contributed by atoms with Crippen LogP contribution in [0.25, 0.3) is 0 Å². The largest absolute Gasteiger partial charge is 0.495 e. The number of terminal acetylenes is 1. The highest BCUT2D eigenvalue weighted by atomic mass is 16.5. The fourth-order valence-corrected chi connectivity index (χ4v) is 1.22. The molecule has 0 aromatic heterocycles. The van der Waals surface area contributed by atoms with E-state index >= 15 is 0 Å². The lowest BCUT2D eigenvalue weighted by Crippen LogP contribution is -2.29. The first-order chi connectivity index (χ1) is 7.67. The standard InChI is InChI=1S/C12H14N2O2/c1-4-7-13-12(15)14-10-8-9(2)5-6-11(10)16-3/h1,5-6,8H,7H2,2-3H3,(H2,13,14,15). The highest BCUT2D eigenvalue weighted by Gasteiger charge is 2.06. The van der Waals surface area contributed by atoms with Gasteiger partial charge in [0.1, 0.15) is 5.75 Å². The molecule has 2 amide bonds. The smallest absolute Gasteiger partial charge is 0.320 e. The predicted octanol–water partition coefficient (Wildman–Crippen LogP) is 1.76. The fraction of sp³-hybridized carbons (Fsp3) is 0.250. The zero-order valence-electron chi connectivity index (χ0n) is 9.33. The third kappa shape index (κ3) is 3.21. The lowest BCUT2D eigenvalue weighted by molar-refractivity contribution is 0.253. The van der Waals surface area contributed by atoms with Gasteiger partial charge in [0.25, 0.3) is 0 Å². The summed E-state index contributed by atoms with van der Waals surface area (Å²) in [4.78, 5) is 11.4. The first-order valence-corrected chi connectivity index (χ1v) is 4.80. The van der Waals surface area contributed by atoms with E-state index in [0.29, 0.717) is 11.4 Å². The minimum Gasteiger partial charge on any atom is -0.495 e. The Morgan fingerprint density at radius 2 is 2.31 bits per heavy atom. The van der Waals surface area contributed by atoms with Gasteiger partial charge >= 0.3 is 6.03 Å². The number of nitrogens with one attached hydrogen (secondary N) is 2. The lowest BCUT2D eigenvalue weighted by atomic mass is 10.2. The van der Waals surface area contributed by atoms with E-state index in [0.717, 1.165) is 5.56 Å². The number of hydrogen-bond donors (Lipinski definition) is 2. The van der Waals surface area contributed by atoms with Crippen molar-refractivity contribution in [2.45, 2.75) is 6.92 Å². The number of anilines is 1. The molecule has 0 aliphatic rings. The summed E-state index contributed by atoms with van der Waals surface area (Å²) in [5.41, 5.74) is 1.66. The molecule has 1 rings (SSSR count). The minimum absolute atomic E-state index is 0.194. The number of urea groups is 1. The quantitative estimate of drug-likeness (QED) is 0.759. The van der Waals surface area contributed by atoms with Crippen LogP contribution in [0.15, 0.2) is 18.2 Å². The van der Waals surface area contributed by atoms with Gasteiger partial charge in [-0.3, -0.25) is 0 Å². The molecule has 0 bridgehead atoms. The van der Waals surface area contributed by atoms with E-state index < -0.39 is 0 Å². The van der Waals surface area contributed by atoms with Crippen LogP contribution in [0.2, 0.25) is 0 Å². The molecule has 1 aromatic carbocycles. The van der Waals surface area contributed by atoms with Crippen molar-refractivity contribution in [1.29, 1.82) is 0 Å². The summed E-state index contributed by atoms with van der Waals surface area (Å²) in [6.45, 7) is 2.13. The summed E-state index contributed by atoms with van der Waals surface area (Å²) in [6, 6.07) is 5.19. The summed E-state index contributed by atoms with van der Waals surface area (Å²) < 4.78 is 5.12. The fourth-order valence-electron chi connectivity index (χ4n) is 1.22. The number of hydrogen-bond acceptors (Lipinski definition) is 2. The maximum Gasteiger partial charge on any atom is 0.320 e. The van der Waals surface area contributed by atoms with Crippen LogP contribution in [-0.4, -0.2) is 19.7 Å². The van der Waals surface area contributed by atoms with E-state index in [4.69, 9.17) is 11.2 Å². The molecule has 84 valence electrons. The van der Waals surface area contributed by atoms with Gasteiger partial charge in [0, 0.05) is 0 Å². The molecule has 0 heterocycles. The minimum atomic E-state index is -0.346. The molecule has 0 aliphatic heterocycles. The molecule has 4 nitrogen and oxygen atoms in total. The van der Waals surface area contributed by atoms with Gasteiger partial charge in [-0.25, -0.2) is 4.79 Å². The first-order valence-electron chi connectivity index (χ1n) is 4.80. The Balaban J connectivity index is 2.76. The third-order valence-corrected chi connectivity index (χ3v) is 1.95. The van der Waals surface area contributed by atoms with Gasteiger partial charge in [-0.2, -0.15) is 0 Å². The van der Waals surface area contributed by atoms with Crippen LogP contribution in [0, 0.1) is 19.3 Å². The zero-order chi connectivity index (χ0) is 12.0. The molecule has 2 N–H and O–H groups in total. The van der Waals surface area contributed by atoms with E-state index in [2.05, 4.69) is 16.6 Å². The van der Waals surface area contributed by atoms with Crippen LogP contribution in [0.1, 0.15) is 5.56 Å². The number of rotatable bonds is 3. The Kier molecular flexibility index (Phi) is 4.22. The average Bonchev–Trinajstić information content (AvgIpc) is 2.27. The molecule has 0 unspecified atom stereocenters. The van der Waals surface area contributed by atoms with E-state index in [9.17, 15) is 4.79 Å². The summed E-state index contributed by atoms with van der Waals surface area (Å²) in [7, 11) is 1.55. The van der Waals surface area contributed by atoms with Gasteiger partial charge in [-0.15, -0.1) is 6.42 Å². The summed E-state index contributed by atoms with van der Waals surface area (Å²) >= 11 is 0. The summed E-state index contributed by atoms with van der Waals surface area (Å²) in [5, 5.41) is 5.18. The zero-order valence-corrected chi connectivity index (χ0v) is 9.33. The van der Waals surface area contributed by atoms with Crippen LogP contribution in [0.3, 0.4) is 0 Å². The molecule has 1 aromatic rings. The Morgan fingerprint density at radius 3 is 2.94 bits per heavy atom. The number of aryl methyl sites for hydroxylation is 1. The highest BCUT2D eigenvalue weighted by molar-refractivity contribution is 5.91. The molecule has 0 saturated carbocycles. The van der Waals surface area contributed by atoms with E-state index in [1.54, 1.807) is 13.2 Å². The third-order valence-electron chi connectivity index (χ3n) is 1.95. The summed E-state index contributed by atoms with van der Waals surface area (Å²) in [5.74, 6) is 2.93. The molecule has 0 radical (unpaired) electrons. The predicted molar refractivity (Wildman–Crippen MR) is 63.6 cm³/mol. The molecule has 0 atom stereocenters. The van der Waals surface area contributed by atoms with Crippen molar-refractivity contribution >= 4 is 11.7 Å². The second-order valence-electron chi connectivity index (χ2n) is 3.22. The molecular weight excluding hydrogens is 204 g/mol. The van der Waals surface area contributed by atoms with Crippen molar-refractivity contribution < 1.29 is 9.53 Å². The first kappa shape index (κ1) is 11.9. The average molecular weight is 218 g/mol. The van der Waals surface area contributed by atoms with Gasteiger partial charge in [-0.1, -0.05) is 12.0 Å². The molecule has 0 fully saturated rings. The van der Waals surface area contributed by atoms with Gasteiger partial charge in [-0.05, 0) is 24.6 Å². The normalized spacial score (nSPS) is 9.06. The molecule has 0 aliphatic carbocycles.